The molecular weight excluding hydrogens is 342 g/mol. The minimum Gasteiger partial charge on any atom is -0.396 e. The highest BCUT2D eigenvalue weighted by Gasteiger charge is 2.36. The van der Waals surface area contributed by atoms with Gasteiger partial charge in [0, 0.05) is 71.3 Å². The summed E-state index contributed by atoms with van der Waals surface area (Å²) in [4.78, 5) is 19.5. The highest BCUT2D eigenvalue weighted by Crippen LogP contribution is 2.26. The topological polar surface area (TPSA) is 56.3 Å². The Labute approximate surface area is 161 Å². The molecule has 0 bridgehead atoms. The summed E-state index contributed by atoms with van der Waals surface area (Å²) in [5.41, 5.74) is 2.77. The summed E-state index contributed by atoms with van der Waals surface area (Å²) in [5.74, 6) is 0.801. The molecule has 27 heavy (non-hydrogen) atoms. The number of hydrogen-bond donors (Lipinski definition) is 1. The van der Waals surface area contributed by atoms with Crippen LogP contribution < -0.4 is 0 Å². The van der Waals surface area contributed by atoms with Gasteiger partial charge in [0.15, 0.2) is 0 Å². The zero-order valence-electron chi connectivity index (χ0n) is 16.1. The van der Waals surface area contributed by atoms with E-state index in [0.717, 1.165) is 59.0 Å². The Morgan fingerprint density at radius 1 is 1.04 bits per heavy atom. The second-order valence-electron chi connectivity index (χ2n) is 8.14. The molecule has 1 aromatic carbocycles. The molecule has 2 atom stereocenters. The number of aliphatic hydroxyl groups excluding tert-OH is 1. The van der Waals surface area contributed by atoms with Crippen LogP contribution in [0.25, 0.3) is 0 Å². The van der Waals surface area contributed by atoms with Crippen LogP contribution >= 0.6 is 0 Å². The van der Waals surface area contributed by atoms with Crippen molar-refractivity contribution in [3.63, 3.8) is 0 Å². The predicted molar refractivity (Wildman–Crippen MR) is 103 cm³/mol. The lowest BCUT2D eigenvalue weighted by Gasteiger charge is -2.30. The number of fused-ring (bicyclic) bond motifs is 1. The van der Waals surface area contributed by atoms with Crippen LogP contribution in [0.2, 0.25) is 0 Å². The fraction of sp³-hybridized carbons (Fsp3) is 0.667. The van der Waals surface area contributed by atoms with E-state index in [1.54, 1.807) is 0 Å². The molecule has 3 heterocycles. The molecule has 1 amide bonds. The SMILES string of the molecule is O=C(CCN1Cc2ccccc2C1)N1C[C@@H](CN2CCOCC2)[C@@H](CO)C1. The first kappa shape index (κ1) is 18.9. The molecule has 2 saturated heterocycles. The second-order valence-corrected chi connectivity index (χ2v) is 8.14. The number of hydrogen-bond acceptors (Lipinski definition) is 5. The third-order valence-corrected chi connectivity index (χ3v) is 6.31. The molecule has 4 rings (SSSR count). The lowest BCUT2D eigenvalue weighted by molar-refractivity contribution is -0.130. The van der Waals surface area contributed by atoms with Gasteiger partial charge >= 0.3 is 0 Å². The molecule has 0 unspecified atom stereocenters. The minimum absolute atomic E-state index is 0.167. The molecule has 1 N–H and O–H groups in total. The number of carbonyl (C=O) groups is 1. The molecule has 0 saturated carbocycles. The molecule has 3 aliphatic rings. The molecule has 0 aliphatic carbocycles. The number of nitrogens with zero attached hydrogens (tertiary/aromatic N) is 3. The van der Waals surface area contributed by atoms with Crippen molar-refractivity contribution in [1.82, 2.24) is 14.7 Å². The summed E-state index contributed by atoms with van der Waals surface area (Å²) in [7, 11) is 0. The van der Waals surface area contributed by atoms with Gasteiger partial charge in [0.25, 0.3) is 0 Å². The maximum Gasteiger partial charge on any atom is 0.223 e. The van der Waals surface area contributed by atoms with Gasteiger partial charge in [0.2, 0.25) is 5.91 Å². The molecule has 0 spiro atoms. The van der Waals surface area contributed by atoms with Gasteiger partial charge in [0.05, 0.1) is 13.2 Å². The number of aliphatic hydroxyl groups is 1. The molecule has 2 fully saturated rings. The molecule has 0 aromatic heterocycles. The van der Waals surface area contributed by atoms with Crippen LogP contribution in [-0.2, 0) is 22.6 Å². The van der Waals surface area contributed by atoms with Crippen LogP contribution in [0.4, 0.5) is 0 Å². The number of ether oxygens (including phenoxy) is 1. The van der Waals surface area contributed by atoms with Gasteiger partial charge in [0.1, 0.15) is 0 Å². The van der Waals surface area contributed by atoms with Crippen molar-refractivity contribution in [2.75, 3.05) is 59.1 Å². The van der Waals surface area contributed by atoms with Gasteiger partial charge in [-0.05, 0) is 17.0 Å². The second kappa shape index (κ2) is 8.69. The fourth-order valence-electron chi connectivity index (χ4n) is 4.65. The van der Waals surface area contributed by atoms with Gasteiger partial charge in [-0.2, -0.15) is 0 Å². The van der Waals surface area contributed by atoms with E-state index in [1.165, 1.54) is 11.1 Å². The van der Waals surface area contributed by atoms with Crippen molar-refractivity contribution in [3.8, 4) is 0 Å². The first-order chi connectivity index (χ1) is 13.2. The normalized spacial score (nSPS) is 26.5. The Bertz CT molecular complexity index is 622. The summed E-state index contributed by atoms with van der Waals surface area (Å²) >= 11 is 0. The van der Waals surface area contributed by atoms with Crippen LogP contribution in [0.15, 0.2) is 24.3 Å². The lowest BCUT2D eigenvalue weighted by Crippen LogP contribution is -2.41. The number of rotatable bonds is 6. The summed E-state index contributed by atoms with van der Waals surface area (Å²) in [6.07, 6.45) is 0.566. The predicted octanol–water partition coefficient (Wildman–Crippen LogP) is 0.791. The van der Waals surface area contributed by atoms with Crippen molar-refractivity contribution in [2.45, 2.75) is 19.5 Å². The van der Waals surface area contributed by atoms with Gasteiger partial charge < -0.3 is 14.7 Å². The fourth-order valence-corrected chi connectivity index (χ4v) is 4.65. The molecule has 6 nitrogen and oxygen atoms in total. The van der Waals surface area contributed by atoms with Gasteiger partial charge in [-0.3, -0.25) is 14.6 Å². The highest BCUT2D eigenvalue weighted by atomic mass is 16.5. The average Bonchev–Trinajstić information content (AvgIpc) is 3.30. The number of likely N-dealkylation sites (tertiary alicyclic amines) is 1. The van der Waals surface area contributed by atoms with Crippen LogP contribution in [0, 0.1) is 11.8 Å². The zero-order valence-corrected chi connectivity index (χ0v) is 16.1. The molecule has 148 valence electrons. The molecule has 0 radical (unpaired) electrons. The van der Waals surface area contributed by atoms with Crippen LogP contribution in [0.1, 0.15) is 17.5 Å². The highest BCUT2D eigenvalue weighted by molar-refractivity contribution is 5.76. The minimum atomic E-state index is 0.167. The summed E-state index contributed by atoms with van der Waals surface area (Å²) in [5, 5.41) is 9.78. The lowest BCUT2D eigenvalue weighted by atomic mass is 9.96. The Morgan fingerprint density at radius 3 is 2.37 bits per heavy atom. The standard InChI is InChI=1S/C21H31N3O3/c25-16-20-15-24(14-19(20)13-22-7-9-27-10-8-22)21(26)5-6-23-11-17-3-1-2-4-18(17)12-23/h1-4,19-20,25H,5-16H2/t19-,20-/m1/s1. The first-order valence-electron chi connectivity index (χ1n) is 10.2. The molecule has 1 aromatic rings. The first-order valence-corrected chi connectivity index (χ1v) is 10.2. The van der Waals surface area contributed by atoms with Gasteiger partial charge in [-0.1, -0.05) is 24.3 Å². The molecular formula is C21H31N3O3. The van der Waals surface area contributed by atoms with Crippen molar-refractivity contribution in [3.05, 3.63) is 35.4 Å². The third kappa shape index (κ3) is 4.51. The van der Waals surface area contributed by atoms with Crippen LogP contribution in [-0.4, -0.2) is 84.8 Å². The average molecular weight is 373 g/mol. The van der Waals surface area contributed by atoms with E-state index in [1.807, 2.05) is 4.90 Å². The summed E-state index contributed by atoms with van der Waals surface area (Å²) < 4.78 is 5.42. The van der Waals surface area contributed by atoms with E-state index in [9.17, 15) is 9.90 Å². The Kier molecular flexibility index (Phi) is 6.08. The third-order valence-electron chi connectivity index (χ3n) is 6.31. The Hall–Kier alpha value is -1.47. The van der Waals surface area contributed by atoms with E-state index in [0.29, 0.717) is 18.9 Å². The number of benzene rings is 1. The molecule has 6 heteroatoms. The number of carbonyl (C=O) groups excluding carboxylic acids is 1. The smallest absolute Gasteiger partial charge is 0.223 e. The zero-order chi connectivity index (χ0) is 18.6. The molecule has 3 aliphatic heterocycles. The largest absolute Gasteiger partial charge is 0.396 e. The number of amides is 1. The van der Waals surface area contributed by atoms with E-state index in [2.05, 4.69) is 34.1 Å². The van der Waals surface area contributed by atoms with E-state index >= 15 is 0 Å². The quantitative estimate of drug-likeness (QED) is 0.799. The van der Waals surface area contributed by atoms with Crippen molar-refractivity contribution >= 4 is 5.91 Å². The monoisotopic (exact) mass is 373 g/mol. The van der Waals surface area contributed by atoms with Crippen LogP contribution in [0.3, 0.4) is 0 Å². The van der Waals surface area contributed by atoms with Crippen molar-refractivity contribution in [1.29, 1.82) is 0 Å². The Morgan fingerprint density at radius 2 is 1.70 bits per heavy atom. The van der Waals surface area contributed by atoms with Gasteiger partial charge in [-0.15, -0.1) is 0 Å². The van der Waals surface area contributed by atoms with E-state index in [4.69, 9.17) is 4.74 Å². The maximum absolute atomic E-state index is 12.8. The van der Waals surface area contributed by atoms with Gasteiger partial charge in [-0.25, -0.2) is 0 Å². The Balaban J connectivity index is 1.25. The van der Waals surface area contributed by atoms with Crippen molar-refractivity contribution < 1.29 is 14.6 Å². The van der Waals surface area contributed by atoms with Crippen molar-refractivity contribution in [2.24, 2.45) is 11.8 Å². The summed E-state index contributed by atoms with van der Waals surface area (Å²) in [6, 6.07) is 8.53. The maximum atomic E-state index is 12.8. The number of morpholine rings is 1. The summed E-state index contributed by atoms with van der Waals surface area (Å²) in [6.45, 7) is 8.80. The van der Waals surface area contributed by atoms with Crippen LogP contribution in [0.5, 0.6) is 0 Å². The van der Waals surface area contributed by atoms with E-state index in [-0.39, 0.29) is 18.4 Å². The van der Waals surface area contributed by atoms with E-state index < -0.39 is 0 Å².